The first-order valence-electron chi connectivity index (χ1n) is 6.72. The Morgan fingerprint density at radius 2 is 1.95 bits per heavy atom. The van der Waals surface area contributed by atoms with E-state index in [9.17, 15) is 5.11 Å². The summed E-state index contributed by atoms with van der Waals surface area (Å²) >= 11 is 6.17. The second-order valence-electron chi connectivity index (χ2n) is 6.49. The van der Waals surface area contributed by atoms with E-state index < -0.39 is 5.60 Å². The van der Waals surface area contributed by atoms with Gasteiger partial charge in [-0.15, -0.1) is 0 Å². The van der Waals surface area contributed by atoms with Crippen molar-refractivity contribution in [3.63, 3.8) is 0 Å². The Morgan fingerprint density at radius 3 is 2.42 bits per heavy atom. The molecular weight excluding hydrogens is 262 g/mol. The maximum absolute atomic E-state index is 10.1. The summed E-state index contributed by atoms with van der Waals surface area (Å²) in [7, 11) is 0. The molecule has 1 aliphatic carbocycles. The van der Waals surface area contributed by atoms with E-state index in [0.29, 0.717) is 17.5 Å². The van der Waals surface area contributed by atoms with Gasteiger partial charge in [0, 0.05) is 17.5 Å². The van der Waals surface area contributed by atoms with Crippen LogP contribution < -0.4 is 5.32 Å². The summed E-state index contributed by atoms with van der Waals surface area (Å²) in [5, 5.41) is 13.8. The van der Waals surface area contributed by atoms with Gasteiger partial charge in [0.15, 0.2) is 0 Å². The quantitative estimate of drug-likeness (QED) is 0.837. The van der Waals surface area contributed by atoms with Crippen LogP contribution in [0.15, 0.2) is 0 Å². The van der Waals surface area contributed by atoms with Gasteiger partial charge in [0.25, 0.3) is 0 Å². The zero-order valence-electron chi connectivity index (χ0n) is 12.0. The van der Waals surface area contributed by atoms with E-state index in [4.69, 9.17) is 11.6 Å². The van der Waals surface area contributed by atoms with E-state index in [1.807, 2.05) is 6.92 Å². The van der Waals surface area contributed by atoms with Gasteiger partial charge in [-0.1, -0.05) is 32.4 Å². The minimum Gasteiger partial charge on any atom is -0.388 e. The summed E-state index contributed by atoms with van der Waals surface area (Å²) < 4.78 is 0. The smallest absolute Gasteiger partial charge is 0.137 e. The molecule has 2 N–H and O–H groups in total. The predicted octanol–water partition coefficient (Wildman–Crippen LogP) is 3.06. The minimum absolute atomic E-state index is 0.152. The molecule has 1 saturated carbocycles. The Hall–Kier alpha value is -0.870. The number of hydrogen-bond donors (Lipinski definition) is 2. The van der Waals surface area contributed by atoms with E-state index in [1.54, 1.807) is 0 Å². The Balaban J connectivity index is 2.21. The van der Waals surface area contributed by atoms with Crippen molar-refractivity contribution in [2.45, 2.75) is 58.0 Å². The molecule has 5 heteroatoms. The summed E-state index contributed by atoms with van der Waals surface area (Å²) in [6.45, 7) is 8.57. The summed E-state index contributed by atoms with van der Waals surface area (Å²) in [5.74, 6) is 1.44. The zero-order chi connectivity index (χ0) is 14.3. The highest BCUT2D eigenvalue weighted by Crippen LogP contribution is 2.32. The van der Waals surface area contributed by atoms with Gasteiger partial charge in [-0.25, -0.2) is 9.97 Å². The summed E-state index contributed by atoms with van der Waals surface area (Å²) in [6.07, 6.45) is 2.79. The van der Waals surface area contributed by atoms with Gasteiger partial charge >= 0.3 is 0 Å². The molecule has 0 bridgehead atoms. The van der Waals surface area contributed by atoms with E-state index in [0.717, 1.165) is 30.6 Å². The van der Waals surface area contributed by atoms with Crippen LogP contribution in [0.4, 0.5) is 5.82 Å². The monoisotopic (exact) mass is 283 g/mol. The van der Waals surface area contributed by atoms with Crippen LogP contribution in [0, 0.1) is 6.92 Å². The summed E-state index contributed by atoms with van der Waals surface area (Å²) in [6, 6.07) is 0. The van der Waals surface area contributed by atoms with Crippen molar-refractivity contribution in [2.75, 3.05) is 11.9 Å². The molecular formula is C14H22ClN3O. The lowest BCUT2D eigenvalue weighted by atomic mass is 9.80. The fraction of sp³-hybridized carbons (Fsp3) is 0.714. The van der Waals surface area contributed by atoms with Gasteiger partial charge in [0.2, 0.25) is 0 Å². The number of rotatable bonds is 3. The van der Waals surface area contributed by atoms with Crippen molar-refractivity contribution in [2.24, 2.45) is 0 Å². The van der Waals surface area contributed by atoms with Gasteiger partial charge in [-0.05, 0) is 26.2 Å². The Morgan fingerprint density at radius 1 is 1.32 bits per heavy atom. The van der Waals surface area contributed by atoms with E-state index in [1.165, 1.54) is 0 Å². The van der Waals surface area contributed by atoms with Gasteiger partial charge in [-0.2, -0.15) is 0 Å². The van der Waals surface area contributed by atoms with Gasteiger partial charge in [0.1, 0.15) is 16.8 Å². The highest BCUT2D eigenvalue weighted by atomic mass is 35.5. The van der Waals surface area contributed by atoms with E-state index in [-0.39, 0.29) is 5.41 Å². The Kier molecular flexibility index (Phi) is 3.76. The molecule has 0 aromatic carbocycles. The van der Waals surface area contributed by atoms with Crippen molar-refractivity contribution in [3.05, 3.63) is 16.5 Å². The number of halogens is 1. The highest BCUT2D eigenvalue weighted by Gasteiger charge is 2.34. The fourth-order valence-corrected chi connectivity index (χ4v) is 2.18. The molecule has 0 spiro atoms. The molecule has 1 aromatic heterocycles. The zero-order valence-corrected chi connectivity index (χ0v) is 12.8. The van der Waals surface area contributed by atoms with Crippen LogP contribution in [-0.2, 0) is 5.41 Å². The average molecular weight is 284 g/mol. The first-order valence-corrected chi connectivity index (χ1v) is 7.10. The molecule has 1 fully saturated rings. The number of nitrogens with one attached hydrogen (secondary N) is 1. The van der Waals surface area contributed by atoms with Crippen LogP contribution in [0.3, 0.4) is 0 Å². The van der Waals surface area contributed by atoms with E-state index >= 15 is 0 Å². The largest absolute Gasteiger partial charge is 0.388 e. The lowest BCUT2D eigenvalue weighted by molar-refractivity contribution is -0.0202. The van der Waals surface area contributed by atoms with Crippen molar-refractivity contribution < 1.29 is 5.11 Å². The second kappa shape index (κ2) is 4.91. The molecule has 0 atom stereocenters. The standard InChI is InChI=1S/C14H22ClN3O/c1-9-10(15)17-12(13(2,3)4)18-11(9)16-8-14(19)6-5-7-14/h19H,5-8H2,1-4H3,(H,16,17,18). The molecule has 1 heterocycles. The van der Waals surface area contributed by atoms with Crippen LogP contribution in [0.1, 0.15) is 51.4 Å². The summed E-state index contributed by atoms with van der Waals surface area (Å²) in [4.78, 5) is 8.88. The van der Waals surface area contributed by atoms with Crippen LogP contribution in [-0.4, -0.2) is 27.2 Å². The molecule has 1 aliphatic rings. The molecule has 2 rings (SSSR count). The number of aromatic nitrogens is 2. The topological polar surface area (TPSA) is 58.0 Å². The Labute approximate surface area is 119 Å². The molecule has 19 heavy (non-hydrogen) atoms. The number of anilines is 1. The third kappa shape index (κ3) is 3.18. The molecule has 0 saturated heterocycles. The minimum atomic E-state index is -0.578. The molecule has 0 aliphatic heterocycles. The third-order valence-electron chi connectivity index (χ3n) is 3.63. The third-order valence-corrected chi connectivity index (χ3v) is 3.99. The fourth-order valence-electron chi connectivity index (χ4n) is 2.01. The molecule has 106 valence electrons. The van der Waals surface area contributed by atoms with Gasteiger partial charge in [0.05, 0.1) is 5.60 Å². The lowest BCUT2D eigenvalue weighted by Gasteiger charge is -2.37. The first-order chi connectivity index (χ1) is 8.71. The molecule has 0 amide bonds. The number of nitrogens with zero attached hydrogens (tertiary/aromatic N) is 2. The SMILES string of the molecule is Cc1c(Cl)nc(C(C)(C)C)nc1NCC1(O)CCC1. The number of aliphatic hydroxyl groups is 1. The van der Waals surface area contributed by atoms with Gasteiger partial charge in [-0.3, -0.25) is 0 Å². The van der Waals surface area contributed by atoms with Crippen molar-refractivity contribution in [1.29, 1.82) is 0 Å². The van der Waals surface area contributed by atoms with Gasteiger partial charge < -0.3 is 10.4 Å². The number of hydrogen-bond acceptors (Lipinski definition) is 4. The second-order valence-corrected chi connectivity index (χ2v) is 6.85. The van der Waals surface area contributed by atoms with Crippen molar-refractivity contribution in [1.82, 2.24) is 9.97 Å². The van der Waals surface area contributed by atoms with Crippen LogP contribution >= 0.6 is 11.6 Å². The van der Waals surface area contributed by atoms with Crippen LogP contribution in [0.25, 0.3) is 0 Å². The van der Waals surface area contributed by atoms with Crippen LogP contribution in [0.5, 0.6) is 0 Å². The van der Waals surface area contributed by atoms with Crippen molar-refractivity contribution in [3.8, 4) is 0 Å². The average Bonchev–Trinajstić information content (AvgIpc) is 2.27. The molecule has 4 nitrogen and oxygen atoms in total. The van der Waals surface area contributed by atoms with E-state index in [2.05, 4.69) is 36.1 Å². The summed E-state index contributed by atoms with van der Waals surface area (Å²) in [5.41, 5.74) is 0.102. The maximum Gasteiger partial charge on any atom is 0.137 e. The highest BCUT2D eigenvalue weighted by molar-refractivity contribution is 6.30. The maximum atomic E-state index is 10.1. The van der Waals surface area contributed by atoms with Crippen molar-refractivity contribution >= 4 is 17.4 Å². The predicted molar refractivity (Wildman–Crippen MR) is 77.8 cm³/mol. The Bertz CT molecular complexity index is 478. The first kappa shape index (κ1) is 14.5. The van der Waals surface area contributed by atoms with Crippen LogP contribution in [0.2, 0.25) is 5.15 Å². The molecule has 0 radical (unpaired) electrons. The molecule has 0 unspecified atom stereocenters. The molecule has 1 aromatic rings. The normalized spacial score (nSPS) is 18.0. The lowest BCUT2D eigenvalue weighted by Crippen LogP contribution is -2.43.